The summed E-state index contributed by atoms with van der Waals surface area (Å²) < 4.78 is 5.05. The van der Waals surface area contributed by atoms with Crippen LogP contribution in [0.3, 0.4) is 0 Å². The zero-order valence-corrected chi connectivity index (χ0v) is 11.3. The number of carbonyl (C=O) groups is 1. The van der Waals surface area contributed by atoms with Crippen LogP contribution in [0.15, 0.2) is 24.3 Å². The predicted octanol–water partition coefficient (Wildman–Crippen LogP) is 1.87. The van der Waals surface area contributed by atoms with Crippen molar-refractivity contribution in [2.45, 2.75) is 13.3 Å². The normalized spacial score (nSPS) is 10.0. The second-order valence-electron chi connectivity index (χ2n) is 4.05. The molecule has 0 saturated carbocycles. The molecule has 5 nitrogen and oxygen atoms in total. The van der Waals surface area contributed by atoms with Gasteiger partial charge in [0.05, 0.1) is 19.7 Å². The third kappa shape index (κ3) is 5.40. The Morgan fingerprint density at radius 1 is 1.42 bits per heavy atom. The van der Waals surface area contributed by atoms with Crippen LogP contribution >= 0.6 is 0 Å². The molecule has 0 unspecified atom stereocenters. The van der Waals surface area contributed by atoms with Crippen molar-refractivity contribution in [1.29, 1.82) is 5.26 Å². The molecule has 0 spiro atoms. The Bertz CT molecular complexity index is 437. The number of hydrogen-bond acceptors (Lipinski definition) is 4. The van der Waals surface area contributed by atoms with Gasteiger partial charge < -0.3 is 10.1 Å². The highest BCUT2D eigenvalue weighted by Gasteiger charge is 2.08. The van der Waals surface area contributed by atoms with Gasteiger partial charge in [0.15, 0.2) is 0 Å². The van der Waals surface area contributed by atoms with E-state index in [1.807, 2.05) is 11.8 Å². The van der Waals surface area contributed by atoms with E-state index in [0.717, 1.165) is 18.0 Å². The van der Waals surface area contributed by atoms with Crippen molar-refractivity contribution in [1.82, 2.24) is 4.90 Å². The number of anilines is 1. The van der Waals surface area contributed by atoms with Crippen molar-refractivity contribution >= 4 is 11.6 Å². The van der Waals surface area contributed by atoms with Gasteiger partial charge in [0.1, 0.15) is 5.75 Å². The highest BCUT2D eigenvalue weighted by molar-refractivity contribution is 5.92. The highest BCUT2D eigenvalue weighted by Crippen LogP contribution is 2.14. The lowest BCUT2D eigenvalue weighted by atomic mass is 10.3. The lowest BCUT2D eigenvalue weighted by Crippen LogP contribution is -2.33. The van der Waals surface area contributed by atoms with Crippen molar-refractivity contribution < 1.29 is 9.53 Å². The number of nitriles is 1. The average molecular weight is 261 g/mol. The average Bonchev–Trinajstić information content (AvgIpc) is 2.44. The minimum Gasteiger partial charge on any atom is -0.497 e. The summed E-state index contributed by atoms with van der Waals surface area (Å²) >= 11 is 0. The smallest absolute Gasteiger partial charge is 0.238 e. The summed E-state index contributed by atoms with van der Waals surface area (Å²) in [6.07, 6.45) is 0.434. The molecule has 1 aromatic rings. The summed E-state index contributed by atoms with van der Waals surface area (Å²) in [5, 5.41) is 11.4. The van der Waals surface area contributed by atoms with Gasteiger partial charge in [-0.25, -0.2) is 0 Å². The molecule has 0 aliphatic rings. The number of methoxy groups -OCH3 is 1. The van der Waals surface area contributed by atoms with E-state index in [9.17, 15) is 4.79 Å². The number of likely N-dealkylation sites (N-methyl/N-ethyl adjacent to an activating group) is 1. The largest absolute Gasteiger partial charge is 0.497 e. The first kappa shape index (κ1) is 15.0. The van der Waals surface area contributed by atoms with Crippen molar-refractivity contribution in [3.63, 3.8) is 0 Å². The number of nitrogens with one attached hydrogen (secondary N) is 1. The van der Waals surface area contributed by atoms with E-state index < -0.39 is 0 Å². The van der Waals surface area contributed by atoms with E-state index in [0.29, 0.717) is 19.5 Å². The molecule has 0 aromatic heterocycles. The van der Waals surface area contributed by atoms with Gasteiger partial charge in [-0.2, -0.15) is 5.26 Å². The van der Waals surface area contributed by atoms with E-state index in [4.69, 9.17) is 10.00 Å². The Morgan fingerprint density at radius 3 is 2.63 bits per heavy atom. The maximum absolute atomic E-state index is 11.8. The molecular weight excluding hydrogens is 242 g/mol. The zero-order valence-electron chi connectivity index (χ0n) is 11.3. The number of rotatable bonds is 7. The van der Waals surface area contributed by atoms with Crippen LogP contribution in [-0.4, -0.2) is 37.6 Å². The first-order valence-corrected chi connectivity index (χ1v) is 6.22. The molecule has 0 fully saturated rings. The van der Waals surface area contributed by atoms with Crippen LogP contribution < -0.4 is 10.1 Å². The van der Waals surface area contributed by atoms with Crippen molar-refractivity contribution in [2.24, 2.45) is 0 Å². The van der Waals surface area contributed by atoms with Gasteiger partial charge >= 0.3 is 0 Å². The Hall–Kier alpha value is -2.06. The van der Waals surface area contributed by atoms with Crippen LogP contribution in [0.1, 0.15) is 13.3 Å². The molecule has 5 heteroatoms. The van der Waals surface area contributed by atoms with Gasteiger partial charge in [-0.05, 0) is 30.8 Å². The quantitative estimate of drug-likeness (QED) is 0.813. The molecule has 0 radical (unpaired) electrons. The molecule has 102 valence electrons. The topological polar surface area (TPSA) is 65.4 Å². The zero-order chi connectivity index (χ0) is 14.1. The summed E-state index contributed by atoms with van der Waals surface area (Å²) in [5.41, 5.74) is 0.738. The SMILES string of the molecule is CCN(CCC#N)CC(=O)Nc1ccc(OC)cc1. The first-order chi connectivity index (χ1) is 9.19. The third-order valence-corrected chi connectivity index (χ3v) is 2.73. The fourth-order valence-corrected chi connectivity index (χ4v) is 1.64. The molecule has 0 saturated heterocycles. The van der Waals surface area contributed by atoms with Crippen molar-refractivity contribution in [2.75, 3.05) is 32.1 Å². The van der Waals surface area contributed by atoms with E-state index in [1.54, 1.807) is 31.4 Å². The van der Waals surface area contributed by atoms with Gasteiger partial charge in [0, 0.05) is 18.7 Å². The van der Waals surface area contributed by atoms with Crippen LogP contribution in [0.5, 0.6) is 5.75 Å². The minimum absolute atomic E-state index is 0.0787. The van der Waals surface area contributed by atoms with Gasteiger partial charge in [0.2, 0.25) is 5.91 Å². The molecule has 1 N–H and O–H groups in total. The maximum Gasteiger partial charge on any atom is 0.238 e. The van der Waals surface area contributed by atoms with E-state index in [-0.39, 0.29) is 5.91 Å². The summed E-state index contributed by atoms with van der Waals surface area (Å²) in [6.45, 7) is 3.63. The number of benzene rings is 1. The maximum atomic E-state index is 11.8. The first-order valence-electron chi connectivity index (χ1n) is 6.22. The van der Waals surface area contributed by atoms with E-state index in [1.165, 1.54) is 0 Å². The number of hydrogen-bond donors (Lipinski definition) is 1. The lowest BCUT2D eigenvalue weighted by molar-refractivity contribution is -0.117. The molecule has 1 aromatic carbocycles. The number of carbonyl (C=O) groups excluding carboxylic acids is 1. The van der Waals surface area contributed by atoms with Crippen LogP contribution in [0.4, 0.5) is 5.69 Å². The molecule has 0 aliphatic carbocycles. The molecule has 0 atom stereocenters. The Labute approximate surface area is 113 Å². The third-order valence-electron chi connectivity index (χ3n) is 2.73. The Morgan fingerprint density at radius 2 is 2.11 bits per heavy atom. The minimum atomic E-state index is -0.0787. The predicted molar refractivity (Wildman–Crippen MR) is 74.0 cm³/mol. The van der Waals surface area contributed by atoms with Crippen LogP contribution in [0, 0.1) is 11.3 Å². The second-order valence-corrected chi connectivity index (χ2v) is 4.05. The van der Waals surface area contributed by atoms with Gasteiger partial charge in [0.25, 0.3) is 0 Å². The molecule has 19 heavy (non-hydrogen) atoms. The van der Waals surface area contributed by atoms with Crippen molar-refractivity contribution in [3.05, 3.63) is 24.3 Å². The summed E-state index contributed by atoms with van der Waals surface area (Å²) in [6, 6.07) is 9.26. The number of amides is 1. The van der Waals surface area contributed by atoms with Gasteiger partial charge in [-0.3, -0.25) is 9.69 Å². The standard InChI is InChI=1S/C14H19N3O2/c1-3-17(10-4-9-15)11-14(18)16-12-5-7-13(19-2)8-6-12/h5-8H,3-4,10-11H2,1-2H3,(H,16,18). The fraction of sp³-hybridized carbons (Fsp3) is 0.429. The van der Waals surface area contributed by atoms with Gasteiger partial charge in [-0.1, -0.05) is 6.92 Å². The number of nitrogens with zero attached hydrogens (tertiary/aromatic N) is 2. The van der Waals surface area contributed by atoms with E-state index in [2.05, 4.69) is 11.4 Å². The molecule has 1 rings (SSSR count). The lowest BCUT2D eigenvalue weighted by Gasteiger charge is -2.18. The summed E-state index contributed by atoms with van der Waals surface area (Å²) in [5.74, 6) is 0.673. The number of ether oxygens (including phenoxy) is 1. The highest BCUT2D eigenvalue weighted by atomic mass is 16.5. The second kappa shape index (κ2) is 8.11. The fourth-order valence-electron chi connectivity index (χ4n) is 1.64. The van der Waals surface area contributed by atoms with Crippen LogP contribution in [0.2, 0.25) is 0 Å². The summed E-state index contributed by atoms with van der Waals surface area (Å²) in [4.78, 5) is 13.8. The van der Waals surface area contributed by atoms with Crippen molar-refractivity contribution in [3.8, 4) is 11.8 Å². The molecule has 0 bridgehead atoms. The molecular formula is C14H19N3O2. The monoisotopic (exact) mass is 261 g/mol. The molecule has 0 heterocycles. The van der Waals surface area contributed by atoms with Crippen LogP contribution in [-0.2, 0) is 4.79 Å². The van der Waals surface area contributed by atoms with Gasteiger partial charge in [-0.15, -0.1) is 0 Å². The van der Waals surface area contributed by atoms with Crippen LogP contribution in [0.25, 0.3) is 0 Å². The Kier molecular flexibility index (Phi) is 6.41. The molecule has 1 amide bonds. The summed E-state index contributed by atoms with van der Waals surface area (Å²) in [7, 11) is 1.60. The van der Waals surface area contributed by atoms with E-state index >= 15 is 0 Å². The Balaban J connectivity index is 2.47. The molecule has 0 aliphatic heterocycles.